The van der Waals surface area contributed by atoms with Crippen molar-refractivity contribution in [3.8, 4) is 11.5 Å². The number of hydrogen-bond donors (Lipinski definition) is 1. The SMILES string of the molecule is CC(N)Cc1cccc(Oc2ccccc2C(C)(C)C)c1. The van der Waals surface area contributed by atoms with Crippen LogP contribution < -0.4 is 10.5 Å². The molecule has 0 saturated heterocycles. The molecule has 0 aliphatic carbocycles. The first kappa shape index (κ1) is 15.6. The van der Waals surface area contributed by atoms with Gasteiger partial charge in [0, 0.05) is 11.6 Å². The van der Waals surface area contributed by atoms with Crippen molar-refractivity contribution in [2.45, 2.75) is 45.6 Å². The minimum atomic E-state index is 0.0555. The number of hydrogen-bond acceptors (Lipinski definition) is 2. The molecule has 0 fully saturated rings. The summed E-state index contributed by atoms with van der Waals surface area (Å²) in [6, 6.07) is 16.5. The molecule has 0 aliphatic heterocycles. The van der Waals surface area contributed by atoms with Gasteiger partial charge in [0.05, 0.1) is 0 Å². The van der Waals surface area contributed by atoms with E-state index in [1.165, 1.54) is 11.1 Å². The Morgan fingerprint density at radius 3 is 2.43 bits per heavy atom. The van der Waals surface area contributed by atoms with Crippen LogP contribution in [0.3, 0.4) is 0 Å². The van der Waals surface area contributed by atoms with Gasteiger partial charge in [-0.15, -0.1) is 0 Å². The van der Waals surface area contributed by atoms with Crippen molar-refractivity contribution < 1.29 is 4.74 Å². The number of nitrogens with two attached hydrogens (primary N) is 1. The molecule has 2 aromatic carbocycles. The lowest BCUT2D eigenvalue weighted by Gasteiger charge is -2.22. The van der Waals surface area contributed by atoms with Crippen molar-refractivity contribution in [2.75, 3.05) is 0 Å². The van der Waals surface area contributed by atoms with E-state index in [1.807, 2.05) is 31.2 Å². The van der Waals surface area contributed by atoms with Crippen LogP contribution in [0.2, 0.25) is 0 Å². The molecule has 1 atom stereocenters. The van der Waals surface area contributed by atoms with Gasteiger partial charge in [-0.05, 0) is 42.5 Å². The summed E-state index contributed by atoms with van der Waals surface area (Å²) in [7, 11) is 0. The van der Waals surface area contributed by atoms with Crippen molar-refractivity contribution >= 4 is 0 Å². The quantitative estimate of drug-likeness (QED) is 0.885. The molecule has 0 radical (unpaired) electrons. The lowest BCUT2D eigenvalue weighted by Crippen LogP contribution is -2.17. The molecule has 112 valence electrons. The van der Waals surface area contributed by atoms with Gasteiger partial charge in [-0.3, -0.25) is 0 Å². The first-order chi connectivity index (χ1) is 9.86. The molecule has 2 nitrogen and oxygen atoms in total. The molecule has 0 bridgehead atoms. The molecule has 0 heterocycles. The third-order valence-electron chi connectivity index (χ3n) is 3.38. The molecular weight excluding hydrogens is 258 g/mol. The van der Waals surface area contributed by atoms with Crippen molar-refractivity contribution in [2.24, 2.45) is 5.73 Å². The van der Waals surface area contributed by atoms with Crippen LogP contribution in [0.15, 0.2) is 48.5 Å². The zero-order valence-corrected chi connectivity index (χ0v) is 13.4. The normalized spacial score (nSPS) is 13.0. The molecule has 2 heteroatoms. The third-order valence-corrected chi connectivity index (χ3v) is 3.38. The van der Waals surface area contributed by atoms with Gasteiger partial charge >= 0.3 is 0 Å². The zero-order valence-electron chi connectivity index (χ0n) is 13.4. The highest BCUT2D eigenvalue weighted by molar-refractivity contribution is 5.42. The van der Waals surface area contributed by atoms with E-state index in [9.17, 15) is 0 Å². The number of ether oxygens (including phenoxy) is 1. The fourth-order valence-electron chi connectivity index (χ4n) is 2.41. The molecular formula is C19H25NO. The van der Waals surface area contributed by atoms with Gasteiger partial charge in [0.2, 0.25) is 0 Å². The predicted octanol–water partition coefficient (Wildman–Crippen LogP) is 4.67. The van der Waals surface area contributed by atoms with Crippen LogP contribution in [0.25, 0.3) is 0 Å². The van der Waals surface area contributed by atoms with E-state index in [0.29, 0.717) is 0 Å². The number of benzene rings is 2. The Balaban J connectivity index is 2.27. The minimum Gasteiger partial charge on any atom is -0.457 e. The van der Waals surface area contributed by atoms with Crippen LogP contribution in [0, 0.1) is 0 Å². The monoisotopic (exact) mass is 283 g/mol. The summed E-state index contributed by atoms with van der Waals surface area (Å²) >= 11 is 0. The molecule has 0 aliphatic rings. The fourth-order valence-corrected chi connectivity index (χ4v) is 2.41. The minimum absolute atomic E-state index is 0.0555. The molecule has 0 saturated carbocycles. The van der Waals surface area contributed by atoms with Crippen molar-refractivity contribution in [1.29, 1.82) is 0 Å². The van der Waals surface area contributed by atoms with Crippen LogP contribution in [-0.4, -0.2) is 6.04 Å². The van der Waals surface area contributed by atoms with Gasteiger partial charge in [-0.2, -0.15) is 0 Å². The third kappa shape index (κ3) is 4.33. The van der Waals surface area contributed by atoms with Crippen LogP contribution in [0.5, 0.6) is 11.5 Å². The summed E-state index contributed by atoms with van der Waals surface area (Å²) in [5.41, 5.74) is 8.34. The van der Waals surface area contributed by atoms with Crippen molar-refractivity contribution in [3.05, 3.63) is 59.7 Å². The number of para-hydroxylation sites is 1. The molecule has 2 N–H and O–H groups in total. The summed E-state index contributed by atoms with van der Waals surface area (Å²) < 4.78 is 6.12. The first-order valence-corrected chi connectivity index (χ1v) is 7.48. The number of rotatable bonds is 4. The van der Waals surface area contributed by atoms with E-state index < -0.39 is 0 Å². The first-order valence-electron chi connectivity index (χ1n) is 7.48. The maximum absolute atomic E-state index is 6.12. The maximum atomic E-state index is 6.12. The zero-order chi connectivity index (χ0) is 15.5. The van der Waals surface area contributed by atoms with Crippen LogP contribution in [0.4, 0.5) is 0 Å². The van der Waals surface area contributed by atoms with E-state index >= 15 is 0 Å². The molecule has 1 unspecified atom stereocenters. The summed E-state index contributed by atoms with van der Waals surface area (Å²) in [5.74, 6) is 1.78. The average molecular weight is 283 g/mol. The highest BCUT2D eigenvalue weighted by Crippen LogP contribution is 2.34. The second-order valence-corrected chi connectivity index (χ2v) is 6.68. The second-order valence-electron chi connectivity index (χ2n) is 6.68. The molecule has 21 heavy (non-hydrogen) atoms. The highest BCUT2D eigenvalue weighted by Gasteiger charge is 2.18. The Bertz CT molecular complexity index is 597. The molecule has 2 rings (SSSR count). The molecule has 0 aromatic heterocycles. The van der Waals surface area contributed by atoms with E-state index in [0.717, 1.165) is 17.9 Å². The van der Waals surface area contributed by atoms with E-state index in [-0.39, 0.29) is 11.5 Å². The molecule has 0 amide bonds. The summed E-state index contributed by atoms with van der Waals surface area (Å²) in [6.45, 7) is 8.60. The average Bonchev–Trinajstić information content (AvgIpc) is 2.37. The Morgan fingerprint density at radius 1 is 1.05 bits per heavy atom. The van der Waals surface area contributed by atoms with Crippen molar-refractivity contribution in [1.82, 2.24) is 0 Å². The Hall–Kier alpha value is -1.80. The van der Waals surface area contributed by atoms with E-state index in [4.69, 9.17) is 10.5 Å². The van der Waals surface area contributed by atoms with Gasteiger partial charge in [-0.25, -0.2) is 0 Å². The Kier molecular flexibility index (Phi) is 4.69. The maximum Gasteiger partial charge on any atom is 0.131 e. The van der Waals surface area contributed by atoms with Crippen LogP contribution in [-0.2, 0) is 11.8 Å². The van der Waals surface area contributed by atoms with Crippen LogP contribution >= 0.6 is 0 Å². The topological polar surface area (TPSA) is 35.2 Å². The summed E-state index contributed by atoms with van der Waals surface area (Å²) in [5, 5.41) is 0. The standard InChI is InChI=1S/C19H25NO/c1-14(20)12-15-8-7-9-16(13-15)21-18-11-6-5-10-17(18)19(2,3)4/h5-11,13-14H,12,20H2,1-4H3. The summed E-state index contributed by atoms with van der Waals surface area (Å²) in [4.78, 5) is 0. The fraction of sp³-hybridized carbons (Fsp3) is 0.368. The molecule has 0 spiro atoms. The summed E-state index contributed by atoms with van der Waals surface area (Å²) in [6.07, 6.45) is 0.859. The Morgan fingerprint density at radius 2 is 1.76 bits per heavy atom. The Labute approximate surface area is 127 Å². The lowest BCUT2D eigenvalue weighted by molar-refractivity contribution is 0.454. The van der Waals surface area contributed by atoms with Gasteiger partial charge in [0.25, 0.3) is 0 Å². The highest BCUT2D eigenvalue weighted by atomic mass is 16.5. The smallest absolute Gasteiger partial charge is 0.131 e. The van der Waals surface area contributed by atoms with Gasteiger partial charge in [0.1, 0.15) is 11.5 Å². The molecule has 2 aromatic rings. The van der Waals surface area contributed by atoms with E-state index in [2.05, 4.69) is 45.0 Å². The van der Waals surface area contributed by atoms with Gasteiger partial charge < -0.3 is 10.5 Å². The van der Waals surface area contributed by atoms with Gasteiger partial charge in [0.15, 0.2) is 0 Å². The second kappa shape index (κ2) is 6.31. The largest absolute Gasteiger partial charge is 0.457 e. The van der Waals surface area contributed by atoms with Crippen LogP contribution in [0.1, 0.15) is 38.8 Å². The lowest BCUT2D eigenvalue weighted by atomic mass is 9.86. The predicted molar refractivity (Wildman–Crippen MR) is 89.0 cm³/mol. The van der Waals surface area contributed by atoms with E-state index in [1.54, 1.807) is 0 Å². The van der Waals surface area contributed by atoms with Crippen molar-refractivity contribution in [3.63, 3.8) is 0 Å². The van der Waals surface area contributed by atoms with Gasteiger partial charge in [-0.1, -0.05) is 51.1 Å².